The normalized spacial score (nSPS) is 14.4. The van der Waals surface area contributed by atoms with Crippen molar-refractivity contribution in [3.63, 3.8) is 0 Å². The van der Waals surface area contributed by atoms with Crippen molar-refractivity contribution in [2.45, 2.75) is 13.3 Å². The molecule has 0 bridgehead atoms. The number of aryl methyl sites for hydroxylation is 1. The van der Waals surface area contributed by atoms with Crippen LogP contribution in [0.25, 0.3) is 10.9 Å². The first-order valence-corrected chi connectivity index (χ1v) is 11.8. The third kappa shape index (κ3) is 4.94. The van der Waals surface area contributed by atoms with E-state index in [1.165, 1.54) is 11.8 Å². The van der Waals surface area contributed by atoms with Crippen LogP contribution in [0, 0.1) is 4.84 Å². The van der Waals surface area contributed by atoms with E-state index in [9.17, 15) is 4.79 Å². The smallest absolute Gasteiger partial charge is 0.288 e. The van der Waals surface area contributed by atoms with Crippen molar-refractivity contribution in [2.24, 2.45) is 7.05 Å². The average molecular weight is 494 g/mol. The van der Waals surface area contributed by atoms with Gasteiger partial charge in [0.1, 0.15) is 11.5 Å². The molecule has 0 aliphatic carbocycles. The first-order chi connectivity index (χ1) is 17.0. The van der Waals surface area contributed by atoms with Crippen LogP contribution in [-0.2, 0) is 20.3 Å². The van der Waals surface area contributed by atoms with E-state index in [0.29, 0.717) is 23.1 Å². The van der Waals surface area contributed by atoms with E-state index < -0.39 is 0 Å². The van der Waals surface area contributed by atoms with Gasteiger partial charge in [-0.2, -0.15) is 0 Å². The predicted octanol–water partition coefficient (Wildman–Crippen LogP) is 3.42. The van der Waals surface area contributed by atoms with Crippen LogP contribution in [0.1, 0.15) is 5.89 Å². The second-order valence-electron chi connectivity index (χ2n) is 8.42. The number of hydrogen-bond acceptors (Lipinski definition) is 8. The Bertz CT molecular complexity index is 1440. The summed E-state index contributed by atoms with van der Waals surface area (Å²) in [7, 11) is 3.41. The number of benzene rings is 2. The molecule has 10 heteroatoms. The van der Waals surface area contributed by atoms with Gasteiger partial charge in [0.05, 0.1) is 19.3 Å². The molecule has 3 heterocycles. The minimum atomic E-state index is -0.140. The Labute approximate surface area is 207 Å². The highest BCUT2D eigenvalue weighted by Gasteiger charge is 2.19. The van der Waals surface area contributed by atoms with Crippen molar-refractivity contribution < 1.29 is 13.9 Å². The zero-order chi connectivity index (χ0) is 24.4. The first-order valence-electron chi connectivity index (χ1n) is 11.4. The minimum Gasteiger partial charge on any atom is -0.497 e. The zero-order valence-corrected chi connectivity index (χ0v) is 20.5. The number of para-hydroxylation sites is 1. The highest BCUT2D eigenvalue weighted by Crippen LogP contribution is 2.24. The molecule has 0 unspecified atom stereocenters. The van der Waals surface area contributed by atoms with Gasteiger partial charge in [-0.05, 0) is 48.6 Å². The predicted molar refractivity (Wildman–Crippen MR) is 136 cm³/mol. The Morgan fingerprint density at radius 2 is 1.80 bits per heavy atom. The van der Waals surface area contributed by atoms with Gasteiger partial charge in [-0.3, -0.25) is 9.69 Å². The lowest BCUT2D eigenvalue weighted by atomic mass is 10.2. The van der Waals surface area contributed by atoms with E-state index in [1.807, 2.05) is 36.4 Å². The molecular formula is C25H27N5O4S. The maximum atomic E-state index is 12.3. The molecule has 0 radical (unpaired) electrons. The molecule has 1 fully saturated rings. The fraction of sp³-hybridized carbons (Fsp3) is 0.320. The number of fused-ring (bicyclic) bond motifs is 1. The largest absolute Gasteiger partial charge is 0.497 e. The van der Waals surface area contributed by atoms with Gasteiger partial charge in [0.2, 0.25) is 0 Å². The summed E-state index contributed by atoms with van der Waals surface area (Å²) in [5.41, 5.74) is 1.85. The van der Waals surface area contributed by atoms with Crippen LogP contribution in [0.5, 0.6) is 11.5 Å². The third-order valence-corrected chi connectivity index (χ3v) is 6.55. The number of hydrogen-bond donors (Lipinski definition) is 0. The molecule has 4 aromatic rings. The molecule has 0 spiro atoms. The highest BCUT2D eigenvalue weighted by atomic mass is 32.1. The van der Waals surface area contributed by atoms with Gasteiger partial charge >= 0.3 is 0 Å². The second-order valence-corrected chi connectivity index (χ2v) is 8.77. The Kier molecular flexibility index (Phi) is 6.56. The van der Waals surface area contributed by atoms with Gasteiger partial charge in [0.25, 0.3) is 16.3 Å². The van der Waals surface area contributed by atoms with Crippen molar-refractivity contribution in [1.82, 2.24) is 19.2 Å². The van der Waals surface area contributed by atoms with E-state index in [0.717, 1.165) is 42.8 Å². The molecule has 9 nitrogen and oxygen atoms in total. The number of aromatic nitrogens is 3. The summed E-state index contributed by atoms with van der Waals surface area (Å²) in [6, 6.07) is 17.2. The number of anilines is 1. The number of rotatable bonds is 7. The molecule has 182 valence electrons. The van der Waals surface area contributed by atoms with Crippen LogP contribution in [0.15, 0.2) is 63.8 Å². The molecule has 35 heavy (non-hydrogen) atoms. The Morgan fingerprint density at radius 3 is 2.54 bits per heavy atom. The average Bonchev–Trinajstić information content (AvgIpc) is 3.24. The highest BCUT2D eigenvalue weighted by molar-refractivity contribution is 7.71. The molecule has 0 amide bonds. The fourth-order valence-electron chi connectivity index (χ4n) is 4.27. The quantitative estimate of drug-likeness (QED) is 0.363. The SMILES string of the molecule is COc1ccc(N2CCN(Cn3nc(COc4cc(=O)n(C)c5ccccc45)oc3=S)CC2)cc1. The fourth-order valence-corrected chi connectivity index (χ4v) is 4.46. The monoisotopic (exact) mass is 493 g/mol. The molecule has 2 aromatic heterocycles. The van der Waals surface area contributed by atoms with Crippen LogP contribution in [-0.4, -0.2) is 52.5 Å². The van der Waals surface area contributed by atoms with Crippen LogP contribution in [0.2, 0.25) is 0 Å². The Morgan fingerprint density at radius 1 is 1.06 bits per heavy atom. The van der Waals surface area contributed by atoms with E-state index in [4.69, 9.17) is 26.1 Å². The number of methoxy groups -OCH3 is 1. The number of nitrogens with zero attached hydrogens (tertiary/aromatic N) is 5. The lowest BCUT2D eigenvalue weighted by molar-refractivity contribution is 0.192. The number of pyridine rings is 1. The van der Waals surface area contributed by atoms with Crippen molar-refractivity contribution in [3.05, 3.63) is 75.7 Å². The van der Waals surface area contributed by atoms with Crippen LogP contribution < -0.4 is 19.9 Å². The van der Waals surface area contributed by atoms with Crippen molar-refractivity contribution >= 4 is 28.8 Å². The van der Waals surface area contributed by atoms with Gasteiger partial charge < -0.3 is 23.4 Å². The van der Waals surface area contributed by atoms with Crippen LogP contribution in [0.4, 0.5) is 5.69 Å². The molecule has 1 aliphatic rings. The number of ether oxygens (including phenoxy) is 2. The van der Waals surface area contributed by atoms with Gasteiger partial charge in [0.15, 0.2) is 6.61 Å². The van der Waals surface area contributed by atoms with Gasteiger partial charge in [-0.1, -0.05) is 12.1 Å². The summed E-state index contributed by atoms with van der Waals surface area (Å²) in [5, 5.41) is 5.35. The molecule has 0 N–H and O–H groups in total. The van der Waals surface area contributed by atoms with Crippen LogP contribution >= 0.6 is 12.2 Å². The molecule has 0 atom stereocenters. The molecule has 5 rings (SSSR count). The minimum absolute atomic E-state index is 0.0824. The third-order valence-electron chi connectivity index (χ3n) is 6.26. The molecule has 1 aliphatic heterocycles. The van der Waals surface area contributed by atoms with Gasteiger partial charge in [-0.15, -0.1) is 5.10 Å². The molecule has 2 aromatic carbocycles. The van der Waals surface area contributed by atoms with E-state index in [2.05, 4.69) is 27.0 Å². The summed E-state index contributed by atoms with van der Waals surface area (Å²) in [5.74, 6) is 1.72. The lowest BCUT2D eigenvalue weighted by Gasteiger charge is -2.35. The van der Waals surface area contributed by atoms with Crippen molar-refractivity contribution in [3.8, 4) is 11.5 Å². The van der Waals surface area contributed by atoms with Crippen molar-refractivity contribution in [2.75, 3.05) is 38.2 Å². The molecule has 0 saturated carbocycles. The lowest BCUT2D eigenvalue weighted by Crippen LogP contribution is -2.46. The Hall–Kier alpha value is -3.63. The first kappa shape index (κ1) is 23.1. The maximum absolute atomic E-state index is 12.3. The Balaban J connectivity index is 1.21. The van der Waals surface area contributed by atoms with Gasteiger partial charge in [-0.25, -0.2) is 4.68 Å². The summed E-state index contributed by atoms with van der Waals surface area (Å²) in [4.78, 5) is 17.2. The topological polar surface area (TPSA) is 77.9 Å². The maximum Gasteiger partial charge on any atom is 0.288 e. The molecule has 1 saturated heterocycles. The van der Waals surface area contributed by atoms with E-state index in [-0.39, 0.29) is 12.2 Å². The summed E-state index contributed by atoms with van der Waals surface area (Å²) in [6.07, 6.45) is 0. The van der Waals surface area contributed by atoms with Crippen LogP contribution in [0.3, 0.4) is 0 Å². The standard InChI is InChI=1S/C25H27N5O4S/c1-27-21-6-4-3-5-20(21)22(15-24(27)31)33-16-23-26-30(25(35)34-23)17-28-11-13-29(14-12-28)18-7-9-19(32-2)10-8-18/h3-10,15H,11-14,16-17H2,1-2H3. The summed E-state index contributed by atoms with van der Waals surface area (Å²) >= 11 is 5.39. The summed E-state index contributed by atoms with van der Waals surface area (Å²) < 4.78 is 20.1. The second kappa shape index (κ2) is 9.93. The molecular weight excluding hydrogens is 466 g/mol. The van der Waals surface area contributed by atoms with E-state index in [1.54, 1.807) is 23.4 Å². The van der Waals surface area contributed by atoms with E-state index >= 15 is 0 Å². The van der Waals surface area contributed by atoms with Gasteiger partial charge in [0, 0.05) is 50.4 Å². The van der Waals surface area contributed by atoms with Crippen molar-refractivity contribution in [1.29, 1.82) is 0 Å². The summed E-state index contributed by atoms with van der Waals surface area (Å²) in [6.45, 7) is 4.21. The number of piperazine rings is 1. The zero-order valence-electron chi connectivity index (χ0n) is 19.7.